The minimum atomic E-state index is -3.61. The first kappa shape index (κ1) is 19.1. The number of aryl methyl sites for hydroxylation is 1. The predicted octanol–water partition coefficient (Wildman–Crippen LogP) is 0.403. The zero-order valence-electron chi connectivity index (χ0n) is 13.9. The van der Waals surface area contributed by atoms with Gasteiger partial charge in [-0.3, -0.25) is 4.79 Å². The van der Waals surface area contributed by atoms with Crippen LogP contribution in [0.1, 0.15) is 26.0 Å². The van der Waals surface area contributed by atoms with Crippen molar-refractivity contribution < 1.29 is 23.1 Å². The highest BCUT2D eigenvalue weighted by Crippen LogP contribution is 2.16. The van der Waals surface area contributed by atoms with Crippen LogP contribution in [0.25, 0.3) is 0 Å². The van der Waals surface area contributed by atoms with Crippen LogP contribution in [-0.2, 0) is 23.5 Å². The number of carboxylic acid groups (broad SMARTS) is 1. The molecule has 0 spiro atoms. The fourth-order valence-electron chi connectivity index (χ4n) is 2.01. The lowest BCUT2D eigenvalue weighted by Crippen LogP contribution is -2.27. The highest BCUT2D eigenvalue weighted by Gasteiger charge is 2.22. The molecule has 0 bridgehead atoms. The van der Waals surface area contributed by atoms with Crippen LogP contribution in [0, 0.1) is 0 Å². The Morgan fingerprint density at radius 2 is 2.08 bits per heavy atom. The highest BCUT2D eigenvalue weighted by atomic mass is 32.2. The minimum Gasteiger partial charge on any atom is -0.476 e. The zero-order valence-corrected chi connectivity index (χ0v) is 15.5. The molecule has 9 nitrogen and oxygen atoms in total. The second-order valence-electron chi connectivity index (χ2n) is 5.40. The number of nitrogens with one attached hydrogen (secondary N) is 1. The smallest absolute Gasteiger partial charge is 0.355 e. The fraction of sp³-hybridized carbons (Fsp3) is 0.357. The molecule has 0 atom stereocenters. The summed E-state index contributed by atoms with van der Waals surface area (Å²) in [6.45, 7) is 0.256. The van der Waals surface area contributed by atoms with Crippen LogP contribution in [0.15, 0.2) is 22.5 Å². The van der Waals surface area contributed by atoms with E-state index in [-0.39, 0.29) is 22.8 Å². The summed E-state index contributed by atoms with van der Waals surface area (Å²) in [5.74, 6) is -1.51. The van der Waals surface area contributed by atoms with Crippen LogP contribution in [-0.4, -0.2) is 59.9 Å². The van der Waals surface area contributed by atoms with Gasteiger partial charge in [0.15, 0.2) is 5.69 Å². The van der Waals surface area contributed by atoms with Gasteiger partial charge in [0.05, 0.1) is 5.01 Å². The Balaban J connectivity index is 2.01. The molecule has 0 aromatic carbocycles. The number of aromatic nitrogens is 2. The molecule has 25 heavy (non-hydrogen) atoms. The summed E-state index contributed by atoms with van der Waals surface area (Å²) < 4.78 is 26.7. The number of nitrogens with zero attached hydrogens (tertiary/aromatic N) is 3. The van der Waals surface area contributed by atoms with Gasteiger partial charge in [0.2, 0.25) is 10.0 Å². The zero-order chi connectivity index (χ0) is 18.8. The van der Waals surface area contributed by atoms with Gasteiger partial charge in [0.1, 0.15) is 10.6 Å². The maximum Gasteiger partial charge on any atom is 0.355 e. The molecule has 2 N–H and O–H groups in total. The first-order chi connectivity index (χ1) is 11.6. The van der Waals surface area contributed by atoms with E-state index in [1.165, 1.54) is 47.6 Å². The Bertz CT molecular complexity index is 898. The maximum absolute atomic E-state index is 12.2. The lowest BCUT2D eigenvalue weighted by atomic mass is 10.3. The van der Waals surface area contributed by atoms with Crippen LogP contribution in [0.2, 0.25) is 0 Å². The van der Waals surface area contributed by atoms with Gasteiger partial charge in [-0.15, -0.1) is 11.3 Å². The normalized spacial score (nSPS) is 11.7. The van der Waals surface area contributed by atoms with Crippen LogP contribution in [0.4, 0.5) is 0 Å². The molecule has 0 saturated heterocycles. The van der Waals surface area contributed by atoms with Gasteiger partial charge in [-0.2, -0.15) is 0 Å². The molecule has 2 heterocycles. The number of aromatic carboxylic acids is 1. The number of sulfonamides is 1. The molecule has 2 rings (SSSR count). The molecule has 2 aromatic heterocycles. The molecule has 0 aliphatic heterocycles. The van der Waals surface area contributed by atoms with E-state index in [1.807, 2.05) is 0 Å². The molecule has 136 valence electrons. The third-order valence-corrected chi connectivity index (χ3v) is 6.08. The molecule has 0 unspecified atom stereocenters. The highest BCUT2D eigenvalue weighted by molar-refractivity contribution is 7.89. The van der Waals surface area contributed by atoms with Crippen LogP contribution in [0.5, 0.6) is 0 Å². The van der Waals surface area contributed by atoms with E-state index in [1.54, 1.807) is 7.05 Å². The molecule has 0 radical (unpaired) electrons. The van der Waals surface area contributed by atoms with Crippen molar-refractivity contribution in [2.24, 2.45) is 7.05 Å². The Kier molecular flexibility index (Phi) is 5.60. The number of amides is 1. The SMILES string of the molecule is CN(C)S(=O)(=O)c1cc(C(=O)NCCc2nc(C(=O)O)cs2)n(C)c1. The molecular weight excluding hydrogens is 368 g/mol. The third-order valence-electron chi connectivity index (χ3n) is 3.39. The molecule has 1 amide bonds. The number of rotatable bonds is 7. The van der Waals surface area contributed by atoms with E-state index in [9.17, 15) is 18.0 Å². The number of carbonyl (C=O) groups excluding carboxylic acids is 1. The molecule has 0 aliphatic rings. The van der Waals surface area contributed by atoms with Crippen LogP contribution < -0.4 is 5.32 Å². The molecule has 2 aromatic rings. The van der Waals surface area contributed by atoms with Crippen molar-refractivity contribution in [1.82, 2.24) is 19.2 Å². The van der Waals surface area contributed by atoms with E-state index in [0.717, 1.165) is 4.31 Å². The van der Waals surface area contributed by atoms with Gasteiger partial charge < -0.3 is 15.0 Å². The quantitative estimate of drug-likeness (QED) is 0.710. The van der Waals surface area contributed by atoms with Gasteiger partial charge in [0.25, 0.3) is 5.91 Å². The van der Waals surface area contributed by atoms with Crippen LogP contribution >= 0.6 is 11.3 Å². The van der Waals surface area contributed by atoms with Crippen molar-refractivity contribution in [3.63, 3.8) is 0 Å². The lowest BCUT2D eigenvalue weighted by Gasteiger charge is -2.08. The van der Waals surface area contributed by atoms with Crippen molar-refractivity contribution in [2.45, 2.75) is 11.3 Å². The summed E-state index contributed by atoms with van der Waals surface area (Å²) in [7, 11) is 0.811. The first-order valence-electron chi connectivity index (χ1n) is 7.17. The topological polar surface area (TPSA) is 122 Å². The predicted molar refractivity (Wildman–Crippen MR) is 91.4 cm³/mol. The summed E-state index contributed by atoms with van der Waals surface area (Å²) in [6.07, 6.45) is 1.77. The number of carbonyl (C=O) groups is 2. The number of carboxylic acids is 1. The lowest BCUT2D eigenvalue weighted by molar-refractivity contribution is 0.0690. The summed E-state index contributed by atoms with van der Waals surface area (Å²) in [5, 5.41) is 13.5. The van der Waals surface area contributed by atoms with E-state index in [0.29, 0.717) is 11.4 Å². The van der Waals surface area contributed by atoms with E-state index in [2.05, 4.69) is 10.3 Å². The summed E-state index contributed by atoms with van der Waals surface area (Å²) >= 11 is 1.21. The van der Waals surface area contributed by atoms with Crippen LogP contribution in [0.3, 0.4) is 0 Å². The standard InChI is InChI=1S/C14H18N4O5S2/c1-17(2)25(22,23)9-6-11(18(3)7-9)13(19)15-5-4-12-16-10(8-24-12)14(20)21/h6-8H,4-5H2,1-3H3,(H,15,19)(H,20,21). The number of hydrogen-bond acceptors (Lipinski definition) is 6. The summed E-state index contributed by atoms with van der Waals surface area (Å²) in [5.41, 5.74) is 0.193. The second-order valence-corrected chi connectivity index (χ2v) is 8.49. The number of hydrogen-bond donors (Lipinski definition) is 2. The van der Waals surface area contributed by atoms with Crippen molar-refractivity contribution in [1.29, 1.82) is 0 Å². The first-order valence-corrected chi connectivity index (χ1v) is 9.49. The summed E-state index contributed by atoms with van der Waals surface area (Å²) in [4.78, 5) is 27.0. The second kappa shape index (κ2) is 7.33. The van der Waals surface area contributed by atoms with E-state index < -0.39 is 21.9 Å². The molecule has 0 saturated carbocycles. The van der Waals surface area contributed by atoms with Crippen molar-refractivity contribution in [3.05, 3.63) is 34.0 Å². The molecule has 0 fully saturated rings. The van der Waals surface area contributed by atoms with Gasteiger partial charge >= 0.3 is 5.97 Å². The Morgan fingerprint density at radius 1 is 1.40 bits per heavy atom. The Morgan fingerprint density at radius 3 is 2.64 bits per heavy atom. The molecule has 11 heteroatoms. The van der Waals surface area contributed by atoms with E-state index >= 15 is 0 Å². The summed E-state index contributed by atoms with van der Waals surface area (Å²) in [6, 6.07) is 1.32. The van der Waals surface area contributed by atoms with Gasteiger partial charge in [-0.05, 0) is 6.07 Å². The minimum absolute atomic E-state index is 0.0210. The van der Waals surface area contributed by atoms with E-state index in [4.69, 9.17) is 5.11 Å². The van der Waals surface area contributed by atoms with Gasteiger partial charge in [-0.25, -0.2) is 22.5 Å². The Labute approximate surface area is 149 Å². The maximum atomic E-state index is 12.2. The van der Waals surface area contributed by atoms with Crippen molar-refractivity contribution >= 4 is 33.2 Å². The van der Waals surface area contributed by atoms with Crippen molar-refractivity contribution in [2.75, 3.05) is 20.6 Å². The third kappa shape index (κ3) is 4.24. The molecular formula is C14H18N4O5S2. The largest absolute Gasteiger partial charge is 0.476 e. The monoisotopic (exact) mass is 386 g/mol. The van der Waals surface area contributed by atoms with Gasteiger partial charge in [0, 0.05) is 45.7 Å². The average molecular weight is 386 g/mol. The Hall–Kier alpha value is -2.24. The molecule has 0 aliphatic carbocycles. The fourth-order valence-corrected chi connectivity index (χ4v) is 3.75. The van der Waals surface area contributed by atoms with Crippen molar-refractivity contribution in [3.8, 4) is 0 Å². The van der Waals surface area contributed by atoms with Gasteiger partial charge in [-0.1, -0.05) is 0 Å². The number of thiazole rings is 1. The average Bonchev–Trinajstić information content (AvgIpc) is 3.14.